The van der Waals surface area contributed by atoms with Gasteiger partial charge in [-0.2, -0.15) is 0 Å². The van der Waals surface area contributed by atoms with Crippen molar-refractivity contribution in [3.05, 3.63) is 24.0 Å². The summed E-state index contributed by atoms with van der Waals surface area (Å²) in [6.07, 6.45) is 5.99. The quantitative estimate of drug-likeness (QED) is 0.866. The second-order valence-electron chi connectivity index (χ2n) is 5.18. The van der Waals surface area contributed by atoms with E-state index in [-0.39, 0.29) is 16.9 Å². The van der Waals surface area contributed by atoms with Crippen LogP contribution >= 0.6 is 11.8 Å². The summed E-state index contributed by atoms with van der Waals surface area (Å²) in [5.41, 5.74) is 0.00872. The zero-order valence-corrected chi connectivity index (χ0v) is 12.9. The number of carbonyl (C=O) groups excluding carboxylic acids is 1. The van der Waals surface area contributed by atoms with Gasteiger partial charge in [0.05, 0.1) is 5.25 Å². The SMILES string of the molecule is CC(Sc1ccnc(C(=O)O)c1)C(=O)N1CCCCCC1. The Hall–Kier alpha value is -1.56. The number of hydrogen-bond acceptors (Lipinski definition) is 4. The summed E-state index contributed by atoms with van der Waals surface area (Å²) < 4.78 is 0. The summed E-state index contributed by atoms with van der Waals surface area (Å²) in [7, 11) is 0. The van der Waals surface area contributed by atoms with Crippen molar-refractivity contribution in [3.63, 3.8) is 0 Å². The molecule has 1 aliphatic rings. The van der Waals surface area contributed by atoms with Gasteiger partial charge in [0.2, 0.25) is 5.91 Å². The monoisotopic (exact) mass is 308 g/mol. The van der Waals surface area contributed by atoms with E-state index in [2.05, 4.69) is 4.98 Å². The number of aromatic nitrogens is 1. The summed E-state index contributed by atoms with van der Waals surface area (Å²) in [5.74, 6) is -0.917. The fourth-order valence-corrected chi connectivity index (χ4v) is 3.38. The van der Waals surface area contributed by atoms with E-state index in [1.54, 1.807) is 6.07 Å². The molecule has 6 heteroatoms. The molecule has 5 nitrogen and oxygen atoms in total. The van der Waals surface area contributed by atoms with E-state index < -0.39 is 5.97 Å². The van der Waals surface area contributed by atoms with Gasteiger partial charge in [0.1, 0.15) is 5.69 Å². The minimum atomic E-state index is -1.05. The van der Waals surface area contributed by atoms with Crippen LogP contribution in [0.3, 0.4) is 0 Å². The maximum Gasteiger partial charge on any atom is 0.354 e. The van der Waals surface area contributed by atoms with Crippen molar-refractivity contribution in [3.8, 4) is 0 Å². The molecule has 0 bridgehead atoms. The normalized spacial score (nSPS) is 17.1. The van der Waals surface area contributed by atoms with Crippen molar-refractivity contribution >= 4 is 23.6 Å². The first-order valence-electron chi connectivity index (χ1n) is 7.22. The minimum Gasteiger partial charge on any atom is -0.477 e. The third kappa shape index (κ3) is 4.46. The molecule has 1 aliphatic heterocycles. The molecule has 1 saturated heterocycles. The van der Waals surface area contributed by atoms with E-state index in [1.165, 1.54) is 36.9 Å². The lowest BCUT2D eigenvalue weighted by Crippen LogP contribution is -2.37. The Morgan fingerprint density at radius 3 is 2.57 bits per heavy atom. The van der Waals surface area contributed by atoms with Gasteiger partial charge >= 0.3 is 5.97 Å². The van der Waals surface area contributed by atoms with Crippen LogP contribution in [0.25, 0.3) is 0 Å². The summed E-state index contributed by atoms with van der Waals surface area (Å²) in [6.45, 7) is 3.54. The molecule has 0 aliphatic carbocycles. The summed E-state index contributed by atoms with van der Waals surface area (Å²) in [6, 6.07) is 3.25. The van der Waals surface area contributed by atoms with E-state index in [1.807, 2.05) is 11.8 Å². The van der Waals surface area contributed by atoms with E-state index in [9.17, 15) is 9.59 Å². The van der Waals surface area contributed by atoms with Gasteiger partial charge in [0, 0.05) is 24.2 Å². The second kappa shape index (κ2) is 7.45. The molecule has 2 rings (SSSR count). The van der Waals surface area contributed by atoms with E-state index in [4.69, 9.17) is 5.11 Å². The fourth-order valence-electron chi connectivity index (χ4n) is 2.40. The van der Waals surface area contributed by atoms with Crippen LogP contribution in [0, 0.1) is 0 Å². The number of pyridine rings is 1. The third-order valence-electron chi connectivity index (χ3n) is 3.53. The number of carbonyl (C=O) groups is 2. The summed E-state index contributed by atoms with van der Waals surface area (Å²) in [5, 5.41) is 8.73. The molecule has 0 radical (unpaired) electrons. The number of rotatable bonds is 4. The first-order chi connectivity index (χ1) is 10.1. The maximum atomic E-state index is 12.4. The molecular weight excluding hydrogens is 288 g/mol. The molecular formula is C15H20N2O3S. The van der Waals surface area contributed by atoms with Crippen molar-refractivity contribution in [1.29, 1.82) is 0 Å². The molecule has 21 heavy (non-hydrogen) atoms. The minimum absolute atomic E-state index is 0.00872. The van der Waals surface area contributed by atoms with Crippen molar-refractivity contribution in [1.82, 2.24) is 9.88 Å². The molecule has 2 heterocycles. The van der Waals surface area contributed by atoms with Crippen molar-refractivity contribution in [2.75, 3.05) is 13.1 Å². The van der Waals surface area contributed by atoms with Gasteiger partial charge in [-0.1, -0.05) is 12.8 Å². The molecule has 1 amide bonds. The van der Waals surface area contributed by atoms with Crippen LogP contribution in [0.4, 0.5) is 0 Å². The third-order valence-corrected chi connectivity index (χ3v) is 4.61. The Labute approximate surface area is 128 Å². The molecule has 1 atom stereocenters. The maximum absolute atomic E-state index is 12.4. The number of likely N-dealkylation sites (tertiary alicyclic amines) is 1. The lowest BCUT2D eigenvalue weighted by molar-refractivity contribution is -0.130. The van der Waals surface area contributed by atoms with Gasteiger partial charge in [-0.05, 0) is 31.9 Å². The average Bonchev–Trinajstić information content (AvgIpc) is 2.75. The van der Waals surface area contributed by atoms with Crippen LogP contribution in [0.2, 0.25) is 0 Å². The van der Waals surface area contributed by atoms with Crippen molar-refractivity contribution < 1.29 is 14.7 Å². The Morgan fingerprint density at radius 2 is 1.95 bits per heavy atom. The predicted molar refractivity (Wildman–Crippen MR) is 81.6 cm³/mol. The first kappa shape index (κ1) is 15.8. The highest BCUT2D eigenvalue weighted by atomic mass is 32.2. The second-order valence-corrected chi connectivity index (χ2v) is 6.60. The fraction of sp³-hybridized carbons (Fsp3) is 0.533. The highest BCUT2D eigenvalue weighted by Crippen LogP contribution is 2.25. The number of hydrogen-bond donors (Lipinski definition) is 1. The van der Waals surface area contributed by atoms with Crippen LogP contribution in [0.1, 0.15) is 43.1 Å². The molecule has 1 fully saturated rings. The summed E-state index contributed by atoms with van der Waals surface area (Å²) in [4.78, 5) is 29.8. The molecule has 0 spiro atoms. The molecule has 1 aromatic rings. The van der Waals surface area contributed by atoms with Gasteiger partial charge in [-0.15, -0.1) is 11.8 Å². The van der Waals surface area contributed by atoms with Gasteiger partial charge in [-0.25, -0.2) is 9.78 Å². The van der Waals surface area contributed by atoms with E-state index in [0.29, 0.717) is 0 Å². The molecule has 1 aromatic heterocycles. The van der Waals surface area contributed by atoms with E-state index in [0.717, 1.165) is 30.8 Å². The van der Waals surface area contributed by atoms with Crippen LogP contribution < -0.4 is 0 Å². The Bertz CT molecular complexity index is 513. The predicted octanol–water partition coefficient (Wildman–Crippen LogP) is 2.66. The molecule has 1 N–H and O–H groups in total. The van der Waals surface area contributed by atoms with E-state index >= 15 is 0 Å². The van der Waals surface area contributed by atoms with Crippen molar-refractivity contribution in [2.45, 2.75) is 42.8 Å². The Morgan fingerprint density at radius 1 is 1.29 bits per heavy atom. The molecule has 114 valence electrons. The first-order valence-corrected chi connectivity index (χ1v) is 8.10. The van der Waals surface area contributed by atoms with Gasteiger partial charge in [0.15, 0.2) is 0 Å². The Kier molecular flexibility index (Phi) is 5.61. The molecule has 0 saturated carbocycles. The van der Waals surface area contributed by atoms with Crippen molar-refractivity contribution in [2.24, 2.45) is 0 Å². The number of carboxylic acid groups (broad SMARTS) is 1. The number of thioether (sulfide) groups is 1. The Balaban J connectivity index is 1.99. The standard InChI is InChI=1S/C15H20N2O3S/c1-11(14(18)17-8-4-2-3-5-9-17)21-12-6-7-16-13(10-12)15(19)20/h6-7,10-11H,2-5,8-9H2,1H3,(H,19,20). The number of nitrogens with zero attached hydrogens (tertiary/aromatic N) is 2. The van der Waals surface area contributed by atoms with Crippen LogP contribution in [-0.4, -0.2) is 45.2 Å². The number of carboxylic acids is 1. The molecule has 0 aromatic carbocycles. The highest BCUT2D eigenvalue weighted by Gasteiger charge is 2.22. The smallest absolute Gasteiger partial charge is 0.354 e. The lowest BCUT2D eigenvalue weighted by Gasteiger charge is -2.23. The van der Waals surface area contributed by atoms with Crippen LogP contribution in [-0.2, 0) is 4.79 Å². The van der Waals surface area contributed by atoms with Gasteiger partial charge in [0.25, 0.3) is 0 Å². The lowest BCUT2D eigenvalue weighted by atomic mass is 10.2. The van der Waals surface area contributed by atoms with Gasteiger partial charge < -0.3 is 10.0 Å². The van der Waals surface area contributed by atoms with Crippen LogP contribution in [0.15, 0.2) is 23.2 Å². The number of aromatic carboxylic acids is 1. The zero-order chi connectivity index (χ0) is 15.2. The number of amides is 1. The zero-order valence-electron chi connectivity index (χ0n) is 12.1. The topological polar surface area (TPSA) is 70.5 Å². The highest BCUT2D eigenvalue weighted by molar-refractivity contribution is 8.00. The largest absolute Gasteiger partial charge is 0.477 e. The average molecular weight is 308 g/mol. The van der Waals surface area contributed by atoms with Crippen LogP contribution in [0.5, 0.6) is 0 Å². The molecule has 1 unspecified atom stereocenters. The van der Waals surface area contributed by atoms with Gasteiger partial charge in [-0.3, -0.25) is 4.79 Å². The summed E-state index contributed by atoms with van der Waals surface area (Å²) >= 11 is 1.39.